The molecule has 1 aliphatic rings. The van der Waals surface area contributed by atoms with Crippen LogP contribution in [-0.4, -0.2) is 163 Å². The van der Waals surface area contributed by atoms with Gasteiger partial charge in [-0.1, -0.05) is 183 Å². The highest BCUT2D eigenvalue weighted by atomic mass is 16.6. The molecule has 0 aliphatic carbocycles. The van der Waals surface area contributed by atoms with Gasteiger partial charge in [0.2, 0.25) is 0 Å². The molecule has 21 heteroatoms. The highest BCUT2D eigenvalue weighted by molar-refractivity contribution is 5.89. The first-order chi connectivity index (χ1) is 57.4. The van der Waals surface area contributed by atoms with E-state index in [-0.39, 0.29) is 56.1 Å². The fraction of sp³-hybridized carbons (Fsp3) is 0.520. The number of ketones is 1. The lowest BCUT2D eigenvalue weighted by Crippen LogP contribution is -2.15. The zero-order chi connectivity index (χ0) is 89.8. The minimum absolute atomic E-state index is 0.132. The van der Waals surface area contributed by atoms with Gasteiger partial charge in [0.05, 0.1) is 61.5 Å². The number of unbranched alkanes of at least 4 members (excludes halogenated alkanes) is 1. The van der Waals surface area contributed by atoms with E-state index in [9.17, 15) is 28.8 Å². The highest BCUT2D eigenvalue weighted by Gasteiger charge is 2.16. The Hall–Kier alpha value is -9.80. The molecule has 0 saturated heterocycles. The monoisotopic (exact) mass is 1680 g/mol. The molecule has 0 saturated carbocycles. The molecule has 0 fully saturated rings. The molecule has 0 amide bonds. The Morgan fingerprint density at radius 3 is 1.00 bits per heavy atom. The van der Waals surface area contributed by atoms with Gasteiger partial charge in [0.25, 0.3) is 0 Å². The number of Topliss-reactive ketones (excluding diaryl/α,β-unsaturated/α-hetero) is 1. The smallest absolute Gasteiger partial charge is 0.330 e. The number of hydrogen-bond acceptors (Lipinski definition) is 21. The lowest BCUT2D eigenvalue weighted by molar-refractivity contribution is -0.140. The number of benzene rings is 5. The Morgan fingerprint density at radius 2 is 0.628 bits per heavy atom. The molecule has 0 spiro atoms. The first kappa shape index (κ1) is 107. The lowest BCUT2D eigenvalue weighted by atomic mass is 9.90. The van der Waals surface area contributed by atoms with Gasteiger partial charge >= 0.3 is 29.8 Å². The van der Waals surface area contributed by atoms with Crippen LogP contribution in [0.3, 0.4) is 0 Å². The maximum Gasteiger partial charge on any atom is 0.330 e. The summed E-state index contributed by atoms with van der Waals surface area (Å²) in [6.07, 6.45) is 31.3. The molecule has 1 heterocycles. The quantitative estimate of drug-likeness (QED) is 0.0116. The molecular weight excluding hydrogens is 1540 g/mol. The van der Waals surface area contributed by atoms with Crippen molar-refractivity contribution in [3.63, 3.8) is 0 Å². The van der Waals surface area contributed by atoms with Crippen molar-refractivity contribution in [2.24, 2.45) is 27.1 Å². The molecule has 0 unspecified atom stereocenters. The van der Waals surface area contributed by atoms with Crippen LogP contribution in [0.1, 0.15) is 215 Å². The van der Waals surface area contributed by atoms with Gasteiger partial charge < -0.3 is 71.1 Å². The number of allylic oxidation sites excluding steroid dienone is 2. The fourth-order valence-electron chi connectivity index (χ4n) is 10.7. The number of rotatable bonds is 45. The molecule has 6 rings (SSSR count). The first-order valence-electron chi connectivity index (χ1n) is 42.1. The number of hydrogen-bond donors (Lipinski definition) is 0. The molecule has 0 aromatic heterocycles. The van der Waals surface area contributed by atoms with Crippen LogP contribution in [0.5, 0.6) is 34.5 Å². The van der Waals surface area contributed by atoms with Crippen molar-refractivity contribution in [3.8, 4) is 34.5 Å². The van der Waals surface area contributed by atoms with Crippen molar-refractivity contribution in [2.45, 2.75) is 188 Å². The third-order valence-corrected chi connectivity index (χ3v) is 17.2. The van der Waals surface area contributed by atoms with E-state index < -0.39 is 5.97 Å². The molecule has 121 heavy (non-hydrogen) atoms. The van der Waals surface area contributed by atoms with E-state index in [1.54, 1.807) is 84.0 Å². The number of carbonyl (C=O) groups is 6. The summed E-state index contributed by atoms with van der Waals surface area (Å²) in [6, 6.07) is 33.6. The third kappa shape index (κ3) is 61.2. The summed E-state index contributed by atoms with van der Waals surface area (Å²) >= 11 is 0. The Bertz CT molecular complexity index is 3880. The fourth-order valence-corrected chi connectivity index (χ4v) is 10.7. The second kappa shape index (κ2) is 61.5. The molecule has 0 N–H and O–H groups in total. The number of ether oxygens (including phenoxy) is 15. The second-order valence-electron chi connectivity index (χ2n) is 34.7. The summed E-state index contributed by atoms with van der Waals surface area (Å²) in [6.45, 7) is 41.9. The average Bonchev–Trinajstić information content (AvgIpc) is 0.836. The number of carbonyl (C=O) groups excluding carboxylic acids is 6. The van der Waals surface area contributed by atoms with Gasteiger partial charge in [-0.3, -0.25) is 4.79 Å². The predicted octanol–water partition coefficient (Wildman–Crippen LogP) is 21.3. The van der Waals surface area contributed by atoms with Crippen LogP contribution in [0.4, 0.5) is 0 Å². The van der Waals surface area contributed by atoms with E-state index in [1.807, 2.05) is 103 Å². The molecule has 0 bridgehead atoms. The minimum Gasteiger partial charge on any atom is -0.497 e. The van der Waals surface area contributed by atoms with Gasteiger partial charge in [0, 0.05) is 63.2 Å². The van der Waals surface area contributed by atoms with E-state index in [4.69, 9.17) is 71.1 Å². The molecule has 5 aromatic rings. The van der Waals surface area contributed by atoms with Crippen molar-refractivity contribution in [1.29, 1.82) is 0 Å². The maximum atomic E-state index is 11.7. The second-order valence-corrected chi connectivity index (χ2v) is 34.7. The number of fused-ring (bicyclic) bond motifs is 1. The summed E-state index contributed by atoms with van der Waals surface area (Å²) in [5.74, 6) is 2.64. The van der Waals surface area contributed by atoms with E-state index in [0.29, 0.717) is 123 Å². The number of methoxy groups -OCH3 is 4. The van der Waals surface area contributed by atoms with Gasteiger partial charge in [-0.15, -0.1) is 0 Å². The van der Waals surface area contributed by atoms with E-state index in [1.165, 1.54) is 30.4 Å². The highest BCUT2D eigenvalue weighted by Crippen LogP contribution is 2.32. The van der Waals surface area contributed by atoms with Gasteiger partial charge in [0.1, 0.15) is 56.9 Å². The minimum atomic E-state index is -0.395. The van der Waals surface area contributed by atoms with Crippen molar-refractivity contribution in [1.82, 2.24) is 0 Å². The number of esters is 5. The molecule has 21 nitrogen and oxygen atoms in total. The summed E-state index contributed by atoms with van der Waals surface area (Å²) < 4.78 is 78.9. The van der Waals surface area contributed by atoms with Crippen molar-refractivity contribution in [3.05, 3.63) is 185 Å². The third-order valence-electron chi connectivity index (χ3n) is 17.2. The first-order valence-corrected chi connectivity index (χ1v) is 42.1. The molecule has 0 radical (unpaired) electrons. The van der Waals surface area contributed by atoms with Crippen molar-refractivity contribution >= 4 is 66.0 Å². The van der Waals surface area contributed by atoms with Gasteiger partial charge in [0.15, 0.2) is 23.0 Å². The maximum absolute atomic E-state index is 11.7. The Labute approximate surface area is 724 Å². The lowest BCUT2D eigenvalue weighted by Gasteiger charge is -2.18. The van der Waals surface area contributed by atoms with Crippen LogP contribution in [0, 0.1) is 27.1 Å². The Morgan fingerprint density at radius 1 is 0.306 bits per heavy atom. The van der Waals surface area contributed by atoms with Gasteiger partial charge in [-0.05, 0) is 211 Å². The zero-order valence-electron chi connectivity index (χ0n) is 76.5. The molecule has 0 atom stereocenters. The predicted molar refractivity (Wildman–Crippen MR) is 484 cm³/mol. The zero-order valence-corrected chi connectivity index (χ0v) is 76.5. The SMILES string of the molecule is CC(=O)Cc1ccc(/C=C/C(=O)OCCOCCCC(C)(C)C)cc1.CC(C)(C)CCCCOC(=O)/C=C/c1ccc2c(c1)OCCO2.COc1ccc(/C=C/C(=O)OCCOCCCC(C)(C)C)cc1.COc1ccc(/C=C/C(=O)OCCOCCCC(C)(C)C)cc1OC.COc1ccc(/C=C/C=C/C(=O)OCCOCCCC(C)(C)C)cc1. The van der Waals surface area contributed by atoms with Crippen LogP contribution in [0.25, 0.3) is 30.4 Å². The molecule has 1 aliphatic heterocycles. The summed E-state index contributed by atoms with van der Waals surface area (Å²) in [5.41, 5.74) is 7.17. The average molecular weight is 1680 g/mol. The topological polar surface area (TPSA) is 241 Å². The molecule has 5 aromatic carbocycles. The summed E-state index contributed by atoms with van der Waals surface area (Å²) in [5, 5.41) is 0. The normalized spacial score (nSPS) is 12.2. The standard InChI is InChI=1S/2C21H30O4.C20H30O5.C19H26O4.C19H28O4/c1-17(22)16-19-8-6-18(7-9-19)10-11-20(23)25-15-14-24-13-5-12-21(2,3)4;1-21(2,3)14-7-15-24-16-17-25-20(22)9-6-5-8-18-10-12-19(23-4)13-11-18;1-20(2,3)11-6-12-24-13-14-25-19(21)10-8-16-7-9-17(22-4)18(15-16)23-5;1-19(2,3)10-4-5-11-23-18(20)9-7-15-6-8-16-17(14-15)22-13-12-21-16;1-19(2,3)12-5-13-22-14-15-23-18(20)11-8-16-6-9-17(21-4)10-7-16/h6-11H,5,12-16H2,1-4H3;5-6,8-13H,7,14-17H2,1-4H3;7-10,15H,6,11-14H2,1-5H3;6-9,14H,4-5,10-13H2,1-3H3;6-11H,5,12-15H2,1-4H3/b11-10+;8-5+,9-6+;10-8+;9-7+;11-8+. The molecular formula is C100H144O21. The van der Waals surface area contributed by atoms with Gasteiger partial charge in [-0.2, -0.15) is 0 Å². The Balaban J connectivity index is 0.000000513. The van der Waals surface area contributed by atoms with Crippen LogP contribution < -0.4 is 28.4 Å². The van der Waals surface area contributed by atoms with Gasteiger partial charge in [-0.25, -0.2) is 24.0 Å². The van der Waals surface area contributed by atoms with Crippen molar-refractivity contribution in [2.75, 3.05) is 128 Å². The van der Waals surface area contributed by atoms with Crippen LogP contribution >= 0.6 is 0 Å². The van der Waals surface area contributed by atoms with E-state index in [2.05, 4.69) is 104 Å². The van der Waals surface area contributed by atoms with Crippen LogP contribution in [-0.2, 0) is 77.8 Å². The van der Waals surface area contributed by atoms with Crippen molar-refractivity contribution < 1.29 is 99.8 Å². The largest absolute Gasteiger partial charge is 0.497 e. The van der Waals surface area contributed by atoms with Crippen LogP contribution in [0.15, 0.2) is 152 Å². The molecule has 670 valence electrons. The van der Waals surface area contributed by atoms with E-state index in [0.717, 1.165) is 121 Å². The van der Waals surface area contributed by atoms with Crippen LogP contribution in [0.2, 0.25) is 0 Å². The van der Waals surface area contributed by atoms with E-state index >= 15 is 0 Å². The summed E-state index contributed by atoms with van der Waals surface area (Å²) in [4.78, 5) is 69.2. The summed E-state index contributed by atoms with van der Waals surface area (Å²) in [7, 11) is 6.40. The Kier molecular flexibility index (Phi) is 54.5.